The second-order valence-electron chi connectivity index (χ2n) is 18.5. The van der Waals surface area contributed by atoms with E-state index in [2.05, 4.69) is 90.0 Å². The smallest absolute Gasteiger partial charge is 0 e. The first-order valence-electron chi connectivity index (χ1n) is 22.0. The fourth-order valence-electron chi connectivity index (χ4n) is 10.5. The van der Waals surface area contributed by atoms with Crippen LogP contribution in [-0.2, 0) is 32.9 Å². The topological polar surface area (TPSA) is 61.0 Å². The molecule has 5 nitrogen and oxygen atoms in total. The van der Waals surface area contributed by atoms with Crippen LogP contribution in [0.15, 0.2) is 102 Å². The number of ether oxygens (including phenoxy) is 1. The van der Waals surface area contributed by atoms with Gasteiger partial charge in [-0.3, -0.25) is 0 Å². The molecular formula is C53H57GeIrN3O2-2. The molecule has 7 heteroatoms. The van der Waals surface area contributed by atoms with Gasteiger partial charge in [0.15, 0.2) is 0 Å². The van der Waals surface area contributed by atoms with Crippen LogP contribution in [-0.4, -0.2) is 35.3 Å². The summed E-state index contributed by atoms with van der Waals surface area (Å²) in [5.41, 5.74) is 12.8. The van der Waals surface area contributed by atoms with Crippen molar-refractivity contribution >= 4 is 39.7 Å². The average Bonchev–Trinajstić information content (AvgIpc) is 3.92. The van der Waals surface area contributed by atoms with E-state index in [9.17, 15) is 0 Å². The van der Waals surface area contributed by atoms with Gasteiger partial charge in [0.25, 0.3) is 0 Å². The molecule has 4 fully saturated rings. The third-order valence-electron chi connectivity index (χ3n) is 13.6. The third-order valence-corrected chi connectivity index (χ3v) is 17.9. The summed E-state index contributed by atoms with van der Waals surface area (Å²) in [6, 6.07) is 33.7. The number of benzene rings is 3. The summed E-state index contributed by atoms with van der Waals surface area (Å²) in [7, 11) is 1.70. The van der Waals surface area contributed by atoms with Gasteiger partial charge in [0.05, 0.1) is 12.7 Å². The van der Waals surface area contributed by atoms with E-state index in [1.165, 1.54) is 75.3 Å². The zero-order chi connectivity index (χ0) is 40.5. The Morgan fingerprint density at radius 2 is 1.62 bits per heavy atom. The number of methoxy groups -OCH3 is 1. The van der Waals surface area contributed by atoms with Crippen molar-refractivity contribution < 1.29 is 29.3 Å². The molecule has 2 bridgehead atoms. The minimum Gasteiger partial charge on any atom is 0 e. The molecule has 1 radical (unpaired) electrons. The van der Waals surface area contributed by atoms with Crippen LogP contribution in [0.2, 0.25) is 17.3 Å². The molecule has 4 heterocycles. The zero-order valence-corrected chi connectivity index (χ0v) is 40.3. The molecule has 11 rings (SSSR count). The monoisotopic (exact) mass is 1030 g/mol. The molecule has 0 aliphatic heterocycles. The number of fused-ring (bicyclic) bond motifs is 6. The van der Waals surface area contributed by atoms with Crippen molar-refractivity contribution in [3.8, 4) is 39.4 Å². The molecule has 311 valence electrons. The zero-order valence-electron chi connectivity index (χ0n) is 35.8. The van der Waals surface area contributed by atoms with Gasteiger partial charge in [0.1, 0.15) is 11.3 Å². The van der Waals surface area contributed by atoms with Crippen molar-refractivity contribution in [1.29, 1.82) is 0 Å². The number of nitrogens with zero attached hydrogens (tertiary/aromatic N) is 3. The number of furan rings is 1. The standard InChI is InChI=1S/C32H29N2O2.C21H28GeN.Ir/c1-35-29-5-3-2-4-26(29)23-10-11-30-27(17-23)32-31(36-30)18-25(19-34-32)28-16-21(12-13-33-28)15-24-14-20-6-8-22(24)9-7-20;1-16-19(14-17-10-8-9-11-17)20(22(2,3)4)15-23-21(16)18-12-6-5-7-13-18;/h2-5,10-13,16-17,19-20,22,24H,6-9,14-15H2,1H3;5-7,12,15,17H,8-11,14H2,1-4H3;/q2*-1;. The van der Waals surface area contributed by atoms with Crippen LogP contribution in [0.5, 0.6) is 5.75 Å². The Bertz CT molecular complexity index is 2570. The quantitative estimate of drug-likeness (QED) is 0.106. The summed E-state index contributed by atoms with van der Waals surface area (Å²) in [5.74, 6) is 11.9. The van der Waals surface area contributed by atoms with E-state index in [0.717, 1.165) is 86.0 Å². The molecule has 4 aliphatic carbocycles. The molecule has 4 aliphatic rings. The van der Waals surface area contributed by atoms with Crippen LogP contribution >= 0.6 is 0 Å². The minimum absolute atomic E-state index is 0. The van der Waals surface area contributed by atoms with E-state index in [0.29, 0.717) is 5.58 Å². The maximum atomic E-state index is 6.17. The predicted molar refractivity (Wildman–Crippen MR) is 245 cm³/mol. The van der Waals surface area contributed by atoms with E-state index in [1.807, 2.05) is 48.8 Å². The number of rotatable bonds is 9. The fourth-order valence-corrected chi connectivity index (χ4v) is 13.9. The maximum absolute atomic E-state index is 6.17. The van der Waals surface area contributed by atoms with Gasteiger partial charge in [-0.05, 0) is 72.9 Å². The summed E-state index contributed by atoms with van der Waals surface area (Å²) in [6.45, 7) is 2.28. The van der Waals surface area contributed by atoms with Gasteiger partial charge >= 0.3 is 144 Å². The molecule has 3 aromatic carbocycles. The molecule has 7 aromatic rings. The van der Waals surface area contributed by atoms with E-state index in [1.54, 1.807) is 17.1 Å². The normalized spacial score (nSPS) is 18.9. The fraction of sp³-hybridized carbons (Fsp3) is 0.377. The second kappa shape index (κ2) is 18.5. The second-order valence-corrected chi connectivity index (χ2v) is 29.1. The van der Waals surface area contributed by atoms with Gasteiger partial charge in [-0.1, -0.05) is 67.1 Å². The molecule has 1 atom stereocenters. The first kappa shape index (κ1) is 42.6. The number of pyridine rings is 3. The summed E-state index contributed by atoms with van der Waals surface area (Å²) in [6.07, 6.45) is 21.2. The van der Waals surface area contributed by atoms with Crippen molar-refractivity contribution in [2.24, 2.45) is 23.7 Å². The first-order chi connectivity index (χ1) is 28.7. The van der Waals surface area contributed by atoms with Gasteiger partial charge in [-0.2, -0.15) is 0 Å². The molecule has 0 amide bonds. The van der Waals surface area contributed by atoms with Crippen LogP contribution in [0.3, 0.4) is 0 Å². The molecule has 4 aromatic heterocycles. The summed E-state index contributed by atoms with van der Waals surface area (Å²) in [4.78, 5) is 14.3. The molecule has 60 heavy (non-hydrogen) atoms. The van der Waals surface area contributed by atoms with Crippen molar-refractivity contribution in [2.45, 2.75) is 94.8 Å². The molecule has 0 saturated heterocycles. The first-order valence-corrected chi connectivity index (χ1v) is 29.4. The number of aromatic nitrogens is 3. The molecule has 1 unspecified atom stereocenters. The third kappa shape index (κ3) is 9.08. The number of para-hydroxylation sites is 1. The summed E-state index contributed by atoms with van der Waals surface area (Å²) < 4.78 is 13.3. The largest absolute Gasteiger partial charge is 0 e. The van der Waals surface area contributed by atoms with E-state index >= 15 is 0 Å². The Morgan fingerprint density at radius 3 is 2.35 bits per heavy atom. The summed E-state index contributed by atoms with van der Waals surface area (Å²) >= 11 is -1.91. The van der Waals surface area contributed by atoms with Crippen molar-refractivity contribution in [1.82, 2.24) is 15.0 Å². The van der Waals surface area contributed by atoms with E-state index in [-0.39, 0.29) is 20.1 Å². The molecular weight excluding hydrogens is 975 g/mol. The van der Waals surface area contributed by atoms with E-state index in [4.69, 9.17) is 19.1 Å². The minimum atomic E-state index is -1.91. The van der Waals surface area contributed by atoms with Gasteiger partial charge in [-0.25, -0.2) is 0 Å². The Morgan fingerprint density at radius 1 is 0.817 bits per heavy atom. The average molecular weight is 1030 g/mol. The Kier molecular flexibility index (Phi) is 13.1. The number of hydrogen-bond acceptors (Lipinski definition) is 5. The maximum Gasteiger partial charge on any atom is 0 e. The Hall–Kier alpha value is -4.10. The van der Waals surface area contributed by atoms with Gasteiger partial charge < -0.3 is 19.1 Å². The SMILES string of the molecule is COc1ccccc1-c1ccc2oc3[c-]c(-c4cc(CC5CC6CCC5CC6)ccn4)cnc3c2c1.Cc1c(-c2[c-]cccc2)nc[c]([Ge]([CH3])([CH3])[CH3])c1CC1CCCC1.[Ir]. The van der Waals surface area contributed by atoms with E-state index < -0.39 is 13.3 Å². The van der Waals surface area contributed by atoms with Crippen molar-refractivity contribution in [3.63, 3.8) is 0 Å². The molecule has 4 saturated carbocycles. The van der Waals surface area contributed by atoms with Crippen LogP contribution in [0.4, 0.5) is 0 Å². The molecule has 0 spiro atoms. The summed E-state index contributed by atoms with van der Waals surface area (Å²) in [5, 5.41) is 0.977. The van der Waals surface area contributed by atoms with Crippen molar-refractivity contribution in [2.75, 3.05) is 7.11 Å². The van der Waals surface area contributed by atoms with Gasteiger partial charge in [0.2, 0.25) is 0 Å². The van der Waals surface area contributed by atoms with Crippen LogP contribution < -0.4 is 9.13 Å². The number of hydrogen-bond donors (Lipinski definition) is 0. The van der Waals surface area contributed by atoms with Gasteiger partial charge in [-0.15, -0.1) is 5.56 Å². The van der Waals surface area contributed by atoms with Crippen molar-refractivity contribution in [3.05, 3.63) is 126 Å². The Labute approximate surface area is 372 Å². The predicted octanol–water partition coefficient (Wildman–Crippen LogP) is 13.0. The Balaban J connectivity index is 0.000000181. The van der Waals surface area contributed by atoms with Crippen LogP contribution in [0.1, 0.15) is 74.5 Å². The van der Waals surface area contributed by atoms with Gasteiger partial charge in [0, 0.05) is 42.8 Å². The van der Waals surface area contributed by atoms with Crippen LogP contribution in [0.25, 0.3) is 55.7 Å². The van der Waals surface area contributed by atoms with Crippen LogP contribution in [0, 0.1) is 42.7 Å². The molecule has 0 N–H and O–H groups in total.